The smallest absolute Gasteiger partial charge is 1.00 e. The van der Waals surface area contributed by atoms with Crippen molar-refractivity contribution in [3.05, 3.63) is 6.42 Å². The number of hydrogen-bond donors (Lipinski definition) is 1. The van der Waals surface area contributed by atoms with Crippen molar-refractivity contribution in [2.24, 2.45) is 0 Å². The molecule has 0 saturated heterocycles. The minimum atomic E-state index is 0. The Kier molecular flexibility index (Phi) is 34.4. The van der Waals surface area contributed by atoms with E-state index >= 15 is 0 Å². The van der Waals surface area contributed by atoms with E-state index < -0.39 is 0 Å². The van der Waals surface area contributed by atoms with Crippen LogP contribution in [0.5, 0.6) is 0 Å². The maximum absolute atomic E-state index is 3.31. The van der Waals surface area contributed by atoms with Crippen LogP contribution in [0.25, 0.3) is 0 Å². The summed E-state index contributed by atoms with van der Waals surface area (Å²) in [5.74, 6) is 0. The Balaban J connectivity index is -0.0000000347. The van der Waals surface area contributed by atoms with Crippen molar-refractivity contribution in [1.29, 1.82) is 0 Å². The van der Waals surface area contributed by atoms with Gasteiger partial charge in [-0.05, 0) is 0 Å². The molecule has 1 N–H and O–H groups in total. The molecule has 0 saturated carbocycles. The molecule has 0 aliphatic carbocycles. The van der Waals surface area contributed by atoms with E-state index in [1.807, 2.05) is 0 Å². The standard InChI is InChI=1S/C6H15N.C4H9.2Li.H/c1-5(2)7-6(3)4;1-3-4-2;;;/h5-7H,1-4H3;3H,4H2,1-2H3;;;/q;-1;2*+1;-1. The van der Waals surface area contributed by atoms with E-state index in [2.05, 4.69) is 53.3 Å². The third kappa shape index (κ3) is 43.2. The van der Waals surface area contributed by atoms with Gasteiger partial charge in [0.25, 0.3) is 0 Å². The van der Waals surface area contributed by atoms with Gasteiger partial charge in [0.15, 0.2) is 0 Å². The van der Waals surface area contributed by atoms with Crippen LogP contribution in [0.2, 0.25) is 0 Å². The zero-order valence-corrected chi connectivity index (χ0v) is 10.9. The van der Waals surface area contributed by atoms with Gasteiger partial charge in [-0.25, -0.2) is 0 Å². The van der Waals surface area contributed by atoms with Gasteiger partial charge >= 0.3 is 37.7 Å². The van der Waals surface area contributed by atoms with Crippen molar-refractivity contribution in [2.45, 2.75) is 60.0 Å². The molecule has 0 amide bonds. The Morgan fingerprint density at radius 3 is 1.31 bits per heavy atom. The van der Waals surface area contributed by atoms with Crippen molar-refractivity contribution in [2.75, 3.05) is 0 Å². The van der Waals surface area contributed by atoms with Crippen LogP contribution in [-0.2, 0) is 0 Å². The summed E-state index contributed by atoms with van der Waals surface area (Å²) in [7, 11) is 0. The molecule has 0 rings (SSSR count). The first-order valence-electron chi connectivity index (χ1n) is 4.58. The zero-order valence-electron chi connectivity index (χ0n) is 11.9. The molecular weight excluding hydrogens is 148 g/mol. The van der Waals surface area contributed by atoms with Gasteiger partial charge in [-0.1, -0.05) is 34.6 Å². The monoisotopic (exact) mass is 173 g/mol. The maximum atomic E-state index is 3.31. The van der Waals surface area contributed by atoms with Crippen LogP contribution in [0, 0.1) is 6.42 Å². The topological polar surface area (TPSA) is 12.0 Å². The third-order valence-electron chi connectivity index (χ3n) is 1.07. The Bertz CT molecular complexity index is 63.1. The van der Waals surface area contributed by atoms with Gasteiger partial charge < -0.3 is 13.2 Å². The van der Waals surface area contributed by atoms with Crippen molar-refractivity contribution in [1.82, 2.24) is 5.32 Å². The largest absolute Gasteiger partial charge is 1.00 e. The molecule has 0 aliphatic rings. The van der Waals surface area contributed by atoms with Gasteiger partial charge in [0.05, 0.1) is 0 Å². The summed E-state index contributed by atoms with van der Waals surface area (Å²) in [4.78, 5) is 0. The molecule has 0 aliphatic heterocycles. The van der Waals surface area contributed by atoms with Crippen LogP contribution in [0.4, 0.5) is 0 Å². The molecule has 0 spiro atoms. The molecule has 0 unspecified atom stereocenters. The summed E-state index contributed by atoms with van der Waals surface area (Å²) in [6.07, 6.45) is 3.32. The summed E-state index contributed by atoms with van der Waals surface area (Å²) < 4.78 is 0. The van der Waals surface area contributed by atoms with Crippen LogP contribution in [0.1, 0.15) is 49.4 Å². The maximum Gasteiger partial charge on any atom is 1.00 e. The van der Waals surface area contributed by atoms with Gasteiger partial charge in [-0.15, -0.1) is 0 Å². The normalized spacial score (nSPS) is 8.31. The Morgan fingerprint density at radius 1 is 1.08 bits per heavy atom. The Labute approximate surface area is 111 Å². The minimum Gasteiger partial charge on any atom is -1.00 e. The average Bonchev–Trinajstić information content (AvgIpc) is 1.85. The van der Waals surface area contributed by atoms with Gasteiger partial charge in [0.1, 0.15) is 0 Å². The summed E-state index contributed by atoms with van der Waals surface area (Å²) in [5.41, 5.74) is 0. The first-order chi connectivity index (χ1) is 5.04. The molecule has 0 heterocycles. The molecule has 3 heteroatoms. The molecule has 0 bridgehead atoms. The van der Waals surface area contributed by atoms with Crippen molar-refractivity contribution < 1.29 is 39.1 Å². The second kappa shape index (κ2) is 18.8. The fourth-order valence-electron chi connectivity index (χ4n) is 0.667. The molecule has 0 aromatic carbocycles. The molecule has 72 valence electrons. The molecule has 0 fully saturated rings. The first kappa shape index (κ1) is 23.8. The van der Waals surface area contributed by atoms with Crippen LogP contribution in [0.3, 0.4) is 0 Å². The van der Waals surface area contributed by atoms with Gasteiger partial charge in [-0.2, -0.15) is 13.3 Å². The van der Waals surface area contributed by atoms with E-state index in [0.29, 0.717) is 12.1 Å². The van der Waals surface area contributed by atoms with E-state index in [4.69, 9.17) is 0 Å². The van der Waals surface area contributed by atoms with Crippen molar-refractivity contribution in [3.63, 3.8) is 0 Å². The number of nitrogens with one attached hydrogen (secondary N) is 1. The minimum absolute atomic E-state index is 0. The predicted octanol–water partition coefficient (Wildman–Crippen LogP) is -2.87. The average molecular weight is 173 g/mol. The van der Waals surface area contributed by atoms with Crippen molar-refractivity contribution in [3.8, 4) is 0 Å². The molecule has 1 nitrogen and oxygen atoms in total. The summed E-state index contributed by atoms with van der Waals surface area (Å²) >= 11 is 0. The third-order valence-corrected chi connectivity index (χ3v) is 1.07. The van der Waals surface area contributed by atoms with E-state index in [-0.39, 0.29) is 39.1 Å². The predicted molar refractivity (Wildman–Crippen MR) is 54.8 cm³/mol. The quantitative estimate of drug-likeness (QED) is 0.357. The fourth-order valence-corrected chi connectivity index (χ4v) is 0.667. The van der Waals surface area contributed by atoms with Crippen molar-refractivity contribution >= 4 is 0 Å². The molecule has 0 radical (unpaired) electrons. The number of hydrogen-bond acceptors (Lipinski definition) is 1. The zero-order chi connectivity index (χ0) is 9.28. The molecule has 0 atom stereocenters. The second-order valence-corrected chi connectivity index (χ2v) is 3.29. The number of unbranched alkanes of at least 4 members (excludes halogenated alkanes) is 1. The van der Waals surface area contributed by atoms with E-state index in [1.54, 1.807) is 0 Å². The molecule has 13 heavy (non-hydrogen) atoms. The van der Waals surface area contributed by atoms with E-state index in [0.717, 1.165) is 0 Å². The van der Waals surface area contributed by atoms with Gasteiger partial charge in [0, 0.05) is 12.1 Å². The fraction of sp³-hybridized carbons (Fsp3) is 0.900. The van der Waals surface area contributed by atoms with Crippen LogP contribution in [-0.4, -0.2) is 12.1 Å². The Hall–Kier alpha value is 1.15. The van der Waals surface area contributed by atoms with E-state index in [1.165, 1.54) is 6.42 Å². The summed E-state index contributed by atoms with van der Waals surface area (Å²) in [6.45, 7) is 12.8. The van der Waals surface area contributed by atoms with E-state index in [9.17, 15) is 0 Å². The summed E-state index contributed by atoms with van der Waals surface area (Å²) in [5, 5.41) is 3.31. The SMILES string of the molecule is CC(C)NC(C)C.C[CH-]CC.[H-].[Li+].[Li+]. The van der Waals surface area contributed by atoms with Crippen LogP contribution in [0.15, 0.2) is 0 Å². The first-order valence-corrected chi connectivity index (χ1v) is 4.58. The molecule has 0 aromatic rings. The van der Waals surface area contributed by atoms with Gasteiger partial charge in [-0.3, -0.25) is 0 Å². The van der Waals surface area contributed by atoms with Gasteiger partial charge in [0.2, 0.25) is 0 Å². The molecule has 0 aromatic heterocycles. The summed E-state index contributed by atoms with van der Waals surface area (Å²) in [6, 6.07) is 1.25. The number of rotatable bonds is 3. The van der Waals surface area contributed by atoms with Crippen LogP contribution < -0.4 is 43.0 Å². The molecular formula is C10H25Li2N. The second-order valence-electron chi connectivity index (χ2n) is 3.29. The van der Waals surface area contributed by atoms with Crippen LogP contribution >= 0.6 is 0 Å². The Morgan fingerprint density at radius 2 is 1.31 bits per heavy atom.